The summed E-state index contributed by atoms with van der Waals surface area (Å²) in [6.07, 6.45) is 5.48. The molecule has 0 radical (unpaired) electrons. The molecule has 6 heteroatoms. The molecular formula is C10H15N3O2S. The van der Waals surface area contributed by atoms with Gasteiger partial charge in [-0.2, -0.15) is 4.37 Å². The first-order chi connectivity index (χ1) is 7.77. The first kappa shape index (κ1) is 10.4. The molecule has 2 aliphatic rings. The molecule has 0 aromatic carbocycles. The zero-order chi connectivity index (χ0) is 11.0. The summed E-state index contributed by atoms with van der Waals surface area (Å²) in [4.78, 5) is 4.15. The summed E-state index contributed by atoms with van der Waals surface area (Å²) < 4.78 is 16.0. The normalized spacial score (nSPS) is 28.6. The Morgan fingerprint density at radius 1 is 1.31 bits per heavy atom. The van der Waals surface area contributed by atoms with E-state index >= 15 is 0 Å². The van der Waals surface area contributed by atoms with Gasteiger partial charge in [0.25, 0.3) is 0 Å². The Labute approximate surface area is 98.1 Å². The molecule has 16 heavy (non-hydrogen) atoms. The van der Waals surface area contributed by atoms with Crippen molar-refractivity contribution in [3.8, 4) is 0 Å². The van der Waals surface area contributed by atoms with Crippen LogP contribution < -0.4 is 5.73 Å². The van der Waals surface area contributed by atoms with Crippen molar-refractivity contribution in [2.75, 3.05) is 12.3 Å². The molecule has 1 atom stereocenters. The van der Waals surface area contributed by atoms with Gasteiger partial charge in [-0.15, -0.1) is 0 Å². The molecule has 3 rings (SSSR count). The van der Waals surface area contributed by atoms with Crippen molar-refractivity contribution in [1.29, 1.82) is 0 Å². The van der Waals surface area contributed by atoms with E-state index in [0.29, 0.717) is 17.6 Å². The van der Waals surface area contributed by atoms with E-state index in [9.17, 15) is 0 Å². The fourth-order valence-electron chi connectivity index (χ4n) is 2.41. The van der Waals surface area contributed by atoms with Crippen LogP contribution in [0.4, 0.5) is 5.13 Å². The number of hydrogen-bond acceptors (Lipinski definition) is 6. The van der Waals surface area contributed by atoms with E-state index in [1.54, 1.807) is 0 Å². The van der Waals surface area contributed by atoms with Gasteiger partial charge in [-0.05, 0) is 12.8 Å². The van der Waals surface area contributed by atoms with Crippen LogP contribution in [0.25, 0.3) is 0 Å². The van der Waals surface area contributed by atoms with Crippen LogP contribution in [0.15, 0.2) is 0 Å². The zero-order valence-electron chi connectivity index (χ0n) is 9.02. The van der Waals surface area contributed by atoms with Crippen LogP contribution in [0.1, 0.15) is 44.0 Å². The molecule has 2 fully saturated rings. The predicted molar refractivity (Wildman–Crippen MR) is 59.9 cm³/mol. The maximum atomic E-state index is 5.99. The van der Waals surface area contributed by atoms with Gasteiger partial charge in [-0.25, -0.2) is 4.98 Å². The zero-order valence-corrected chi connectivity index (χ0v) is 9.83. The highest BCUT2D eigenvalue weighted by Crippen LogP contribution is 2.42. The minimum absolute atomic E-state index is 0.133. The molecule has 1 aliphatic heterocycles. The van der Waals surface area contributed by atoms with Crippen molar-refractivity contribution in [2.45, 2.75) is 44.0 Å². The number of ether oxygens (including phenoxy) is 2. The molecule has 0 bridgehead atoms. The summed E-state index contributed by atoms with van der Waals surface area (Å²) in [5, 5.41) is 0.489. The van der Waals surface area contributed by atoms with E-state index in [4.69, 9.17) is 15.2 Å². The van der Waals surface area contributed by atoms with Crippen LogP contribution in [-0.2, 0) is 9.47 Å². The summed E-state index contributed by atoms with van der Waals surface area (Å²) in [6.45, 7) is 0.552. The van der Waals surface area contributed by atoms with Gasteiger partial charge in [0.15, 0.2) is 16.7 Å². The van der Waals surface area contributed by atoms with Gasteiger partial charge in [0.05, 0.1) is 6.61 Å². The third-order valence-electron chi connectivity index (χ3n) is 3.22. The van der Waals surface area contributed by atoms with Crippen molar-refractivity contribution in [3.05, 3.63) is 5.82 Å². The largest absolute Gasteiger partial charge is 0.374 e. The standard InChI is InChI=1S/C10H15N3O2S/c11-9-12-8(13-16-9)7-6-14-10(15-7)4-2-1-3-5-10/h7H,1-6H2,(H2,11,12,13)/t7-/m1/s1. The Bertz CT molecular complexity index is 376. The van der Waals surface area contributed by atoms with Crippen molar-refractivity contribution >= 4 is 16.7 Å². The number of nitrogens with zero attached hydrogens (tertiary/aromatic N) is 2. The molecule has 5 nitrogen and oxygen atoms in total. The van der Waals surface area contributed by atoms with Crippen molar-refractivity contribution < 1.29 is 9.47 Å². The molecule has 2 N–H and O–H groups in total. The first-order valence-electron chi connectivity index (χ1n) is 5.68. The Morgan fingerprint density at radius 2 is 2.12 bits per heavy atom. The predicted octanol–water partition coefficient (Wildman–Crippen LogP) is 1.87. The summed E-state index contributed by atoms with van der Waals surface area (Å²) in [5.41, 5.74) is 5.56. The Balaban J connectivity index is 1.72. The maximum Gasteiger partial charge on any atom is 0.200 e. The van der Waals surface area contributed by atoms with Gasteiger partial charge in [0.1, 0.15) is 6.10 Å². The molecule has 88 valence electrons. The van der Waals surface area contributed by atoms with Crippen LogP contribution >= 0.6 is 11.5 Å². The van der Waals surface area contributed by atoms with Gasteiger partial charge >= 0.3 is 0 Å². The van der Waals surface area contributed by atoms with Crippen molar-refractivity contribution in [2.24, 2.45) is 0 Å². The van der Waals surface area contributed by atoms with Gasteiger partial charge in [0.2, 0.25) is 0 Å². The SMILES string of the molecule is Nc1nc([C@H]2COC3(CCCCC3)O2)ns1. The second kappa shape index (κ2) is 3.94. The fraction of sp³-hybridized carbons (Fsp3) is 0.800. The molecule has 0 unspecified atom stereocenters. The number of aromatic nitrogens is 2. The van der Waals surface area contributed by atoms with Crippen LogP contribution in [0, 0.1) is 0 Å². The van der Waals surface area contributed by atoms with Gasteiger partial charge < -0.3 is 15.2 Å². The number of rotatable bonds is 1. The summed E-state index contributed by atoms with van der Waals surface area (Å²) in [7, 11) is 0. The third-order valence-corrected chi connectivity index (χ3v) is 3.77. The van der Waals surface area contributed by atoms with Crippen LogP contribution in [0.3, 0.4) is 0 Å². The molecule has 1 aliphatic carbocycles. The van der Waals surface area contributed by atoms with E-state index in [1.165, 1.54) is 30.8 Å². The smallest absolute Gasteiger partial charge is 0.200 e. The van der Waals surface area contributed by atoms with Crippen molar-refractivity contribution in [3.63, 3.8) is 0 Å². The highest BCUT2D eigenvalue weighted by Gasteiger charge is 2.43. The van der Waals surface area contributed by atoms with Crippen LogP contribution in [0.2, 0.25) is 0 Å². The van der Waals surface area contributed by atoms with Gasteiger partial charge in [-0.3, -0.25) is 0 Å². The van der Waals surface area contributed by atoms with E-state index < -0.39 is 0 Å². The lowest BCUT2D eigenvalue weighted by molar-refractivity contribution is -0.188. The van der Waals surface area contributed by atoms with Crippen LogP contribution in [-0.4, -0.2) is 21.8 Å². The quantitative estimate of drug-likeness (QED) is 0.812. The highest BCUT2D eigenvalue weighted by molar-refractivity contribution is 7.09. The van der Waals surface area contributed by atoms with Crippen LogP contribution in [0.5, 0.6) is 0 Å². The summed E-state index contributed by atoms with van der Waals surface area (Å²) in [5.74, 6) is 0.313. The lowest BCUT2D eigenvalue weighted by Crippen LogP contribution is -2.32. The Morgan fingerprint density at radius 3 is 2.81 bits per heavy atom. The van der Waals surface area contributed by atoms with E-state index in [2.05, 4.69) is 9.36 Å². The second-order valence-electron chi connectivity index (χ2n) is 4.38. The lowest BCUT2D eigenvalue weighted by Gasteiger charge is -2.31. The minimum atomic E-state index is -0.358. The molecule has 1 spiro atoms. The Kier molecular flexibility index (Phi) is 2.57. The molecule has 1 aromatic heterocycles. The third kappa shape index (κ3) is 1.81. The van der Waals surface area contributed by atoms with Gasteiger partial charge in [0, 0.05) is 24.4 Å². The monoisotopic (exact) mass is 241 g/mol. The average molecular weight is 241 g/mol. The maximum absolute atomic E-state index is 5.99. The van der Waals surface area contributed by atoms with E-state index in [1.807, 2.05) is 0 Å². The molecule has 1 saturated heterocycles. The highest BCUT2D eigenvalue weighted by atomic mass is 32.1. The second-order valence-corrected chi connectivity index (χ2v) is 5.16. The number of nitrogens with two attached hydrogens (primary N) is 1. The molecule has 1 aromatic rings. The van der Waals surface area contributed by atoms with E-state index in [0.717, 1.165) is 12.8 Å². The Hall–Kier alpha value is -0.720. The molecular weight excluding hydrogens is 226 g/mol. The minimum Gasteiger partial charge on any atom is -0.374 e. The fourth-order valence-corrected chi connectivity index (χ4v) is 2.89. The topological polar surface area (TPSA) is 70.3 Å². The summed E-state index contributed by atoms with van der Waals surface area (Å²) >= 11 is 1.21. The lowest BCUT2D eigenvalue weighted by atomic mass is 9.94. The summed E-state index contributed by atoms with van der Waals surface area (Å²) in [6, 6.07) is 0. The first-order valence-corrected chi connectivity index (χ1v) is 6.46. The number of nitrogen functional groups attached to an aromatic ring is 1. The van der Waals surface area contributed by atoms with Crippen molar-refractivity contribution in [1.82, 2.24) is 9.36 Å². The molecule has 2 heterocycles. The molecule has 1 saturated carbocycles. The number of hydrogen-bond donors (Lipinski definition) is 1. The average Bonchev–Trinajstić information content (AvgIpc) is 2.87. The van der Waals surface area contributed by atoms with E-state index in [-0.39, 0.29) is 11.9 Å². The molecule has 0 amide bonds. The number of anilines is 1. The van der Waals surface area contributed by atoms with Gasteiger partial charge in [-0.1, -0.05) is 6.42 Å².